The highest BCUT2D eigenvalue weighted by molar-refractivity contribution is 6.07. The lowest BCUT2D eigenvalue weighted by Gasteiger charge is -2.33. The van der Waals surface area contributed by atoms with Gasteiger partial charge in [-0.2, -0.15) is 5.26 Å². The average Bonchev–Trinajstić information content (AvgIpc) is 3.43. The summed E-state index contributed by atoms with van der Waals surface area (Å²) in [5.74, 6) is -0.761. The second kappa shape index (κ2) is 9.28. The first kappa shape index (κ1) is 24.4. The molecule has 2 aromatic heterocycles. The van der Waals surface area contributed by atoms with Crippen molar-refractivity contribution in [1.29, 1.82) is 5.26 Å². The molecule has 4 heterocycles. The molecule has 2 aliphatic rings. The maximum absolute atomic E-state index is 14.0. The monoisotopic (exact) mass is 496 g/mol. The number of nitrogens with zero attached hydrogens (tertiary/aromatic N) is 5. The molecule has 3 amide bonds. The summed E-state index contributed by atoms with van der Waals surface area (Å²) in [4.78, 5) is 52.0. The molecule has 3 aromatic rings. The summed E-state index contributed by atoms with van der Waals surface area (Å²) in [5.41, 5.74) is 1.57. The van der Waals surface area contributed by atoms with Crippen LogP contribution in [0.3, 0.4) is 0 Å². The number of aromatic nitrogens is 2. The maximum Gasteiger partial charge on any atom is 0.255 e. The number of rotatable bonds is 5. The Morgan fingerprint density at radius 2 is 2.05 bits per heavy atom. The molecule has 0 radical (unpaired) electrons. The van der Waals surface area contributed by atoms with Gasteiger partial charge in [0.1, 0.15) is 12.1 Å². The third-order valence-electron chi connectivity index (χ3n) is 7.42. The van der Waals surface area contributed by atoms with Crippen LogP contribution in [0, 0.1) is 17.2 Å². The second-order valence-electron chi connectivity index (χ2n) is 10.3. The highest BCUT2D eigenvalue weighted by atomic mass is 16.2. The Morgan fingerprint density at radius 3 is 2.81 bits per heavy atom. The van der Waals surface area contributed by atoms with Crippen LogP contribution in [0.5, 0.6) is 0 Å². The molecule has 3 atom stereocenters. The summed E-state index contributed by atoms with van der Waals surface area (Å²) in [6.07, 6.45) is 5.38. The van der Waals surface area contributed by atoms with Crippen molar-refractivity contribution >= 4 is 34.3 Å². The fraction of sp³-hybridized carbons (Fsp3) is 0.357. The molecule has 9 nitrogen and oxygen atoms in total. The quantitative estimate of drug-likeness (QED) is 0.580. The lowest BCUT2D eigenvalue weighted by Crippen LogP contribution is -2.52. The van der Waals surface area contributed by atoms with E-state index in [1.54, 1.807) is 31.6 Å². The van der Waals surface area contributed by atoms with Gasteiger partial charge >= 0.3 is 0 Å². The van der Waals surface area contributed by atoms with Gasteiger partial charge in [0.25, 0.3) is 5.91 Å². The summed E-state index contributed by atoms with van der Waals surface area (Å²) in [6, 6.07) is 11.6. The first-order chi connectivity index (χ1) is 17.7. The number of hydrogen-bond acceptors (Lipinski definition) is 6. The molecule has 1 fully saturated rings. The lowest BCUT2D eigenvalue weighted by molar-refractivity contribution is -0.136. The summed E-state index contributed by atoms with van der Waals surface area (Å²) < 4.78 is 0. The van der Waals surface area contributed by atoms with E-state index < -0.39 is 17.5 Å². The molecule has 188 valence electrons. The number of nitriles is 1. The Labute approximate surface area is 215 Å². The predicted octanol–water partition coefficient (Wildman–Crippen LogP) is 3.13. The van der Waals surface area contributed by atoms with Gasteiger partial charge in [-0.05, 0) is 36.1 Å². The number of hydrogen-bond donors (Lipinski definition) is 1. The van der Waals surface area contributed by atoms with E-state index in [1.165, 1.54) is 16.0 Å². The van der Waals surface area contributed by atoms with Gasteiger partial charge in [-0.25, -0.2) is 0 Å². The predicted molar refractivity (Wildman–Crippen MR) is 137 cm³/mol. The number of para-hydroxylation sites is 1. The van der Waals surface area contributed by atoms with Gasteiger partial charge in [-0.3, -0.25) is 24.4 Å². The zero-order valence-corrected chi connectivity index (χ0v) is 21.0. The number of likely N-dealkylation sites (tertiary alicyclic amines) is 1. The number of carbonyl (C=O) groups excluding carboxylic acids is 3. The van der Waals surface area contributed by atoms with Crippen molar-refractivity contribution in [3.63, 3.8) is 0 Å². The van der Waals surface area contributed by atoms with Crippen LogP contribution in [-0.4, -0.2) is 63.2 Å². The highest BCUT2D eigenvalue weighted by Gasteiger charge is 2.56. The molecule has 1 saturated heterocycles. The topological polar surface area (TPSA) is 119 Å². The Hall–Kier alpha value is -4.32. The van der Waals surface area contributed by atoms with Gasteiger partial charge in [0.05, 0.1) is 28.8 Å². The summed E-state index contributed by atoms with van der Waals surface area (Å²) in [6.45, 7) is 4.06. The SMILES string of the molecule is CC(C)C[C@@H](C(=O)N1C[C@]2(C[C@H]1C#N)C(=O)Nc1ccccc12)N(C)C(=O)c1cnc2cnccc2c1. The number of anilines is 1. The molecule has 5 rings (SSSR count). The molecule has 1 spiro atoms. The summed E-state index contributed by atoms with van der Waals surface area (Å²) in [7, 11) is 1.61. The Morgan fingerprint density at radius 1 is 1.27 bits per heavy atom. The first-order valence-corrected chi connectivity index (χ1v) is 12.3. The van der Waals surface area contributed by atoms with Crippen LogP contribution < -0.4 is 5.32 Å². The number of nitrogens with one attached hydrogen (secondary N) is 1. The van der Waals surface area contributed by atoms with Crippen molar-refractivity contribution in [2.45, 2.75) is 44.2 Å². The fourth-order valence-corrected chi connectivity index (χ4v) is 5.48. The number of likely N-dealkylation sites (N-methyl/N-ethyl adjacent to an activating group) is 1. The standard InChI is InChI=1S/C28H28N6O3/c1-17(2)10-24(33(3)25(35)19-11-18-8-9-30-15-23(18)31-14-19)26(36)34-16-28(12-20(34)13-29)21-6-4-5-7-22(21)32-27(28)37/h4-9,11,14-15,17,20,24H,10,12,16H2,1-3H3,(H,32,37)/t20-,24-,28-/m0/s1. The van der Waals surface area contributed by atoms with E-state index in [1.807, 2.05) is 38.1 Å². The molecule has 0 bridgehead atoms. The van der Waals surface area contributed by atoms with Crippen molar-refractivity contribution < 1.29 is 14.4 Å². The highest BCUT2D eigenvalue weighted by Crippen LogP contribution is 2.46. The number of carbonyl (C=O) groups is 3. The first-order valence-electron chi connectivity index (χ1n) is 12.3. The molecule has 1 N–H and O–H groups in total. The van der Waals surface area contributed by atoms with E-state index in [0.29, 0.717) is 23.2 Å². The van der Waals surface area contributed by atoms with Crippen LogP contribution in [0.2, 0.25) is 0 Å². The van der Waals surface area contributed by atoms with Crippen molar-refractivity contribution in [2.24, 2.45) is 5.92 Å². The van der Waals surface area contributed by atoms with Crippen LogP contribution >= 0.6 is 0 Å². The van der Waals surface area contributed by atoms with Crippen LogP contribution in [0.4, 0.5) is 5.69 Å². The molecule has 0 unspecified atom stereocenters. The van der Waals surface area contributed by atoms with E-state index >= 15 is 0 Å². The molecular weight excluding hydrogens is 468 g/mol. The maximum atomic E-state index is 14.0. The van der Waals surface area contributed by atoms with Crippen LogP contribution in [0.25, 0.3) is 10.9 Å². The Balaban J connectivity index is 1.46. The minimum absolute atomic E-state index is 0.0913. The van der Waals surface area contributed by atoms with E-state index in [2.05, 4.69) is 21.4 Å². The van der Waals surface area contributed by atoms with E-state index in [0.717, 1.165) is 10.9 Å². The van der Waals surface area contributed by atoms with Crippen LogP contribution in [0.15, 0.2) is 55.0 Å². The molecule has 2 aliphatic heterocycles. The molecule has 9 heteroatoms. The van der Waals surface area contributed by atoms with Crippen molar-refractivity contribution in [3.05, 3.63) is 66.1 Å². The van der Waals surface area contributed by atoms with Gasteiger partial charge in [-0.1, -0.05) is 32.0 Å². The van der Waals surface area contributed by atoms with Gasteiger partial charge in [0.2, 0.25) is 11.8 Å². The van der Waals surface area contributed by atoms with Crippen LogP contribution in [0.1, 0.15) is 42.6 Å². The number of fused-ring (bicyclic) bond motifs is 3. The number of pyridine rings is 2. The van der Waals surface area contributed by atoms with Gasteiger partial charge in [-0.15, -0.1) is 0 Å². The lowest BCUT2D eigenvalue weighted by atomic mass is 9.80. The minimum Gasteiger partial charge on any atom is -0.330 e. The zero-order chi connectivity index (χ0) is 26.3. The number of amides is 3. The van der Waals surface area contributed by atoms with Crippen molar-refractivity contribution in [3.8, 4) is 6.07 Å². The van der Waals surface area contributed by atoms with E-state index in [-0.39, 0.29) is 36.6 Å². The van der Waals surface area contributed by atoms with Crippen molar-refractivity contribution in [1.82, 2.24) is 19.8 Å². The normalized spacial score (nSPS) is 21.1. The molecule has 0 aliphatic carbocycles. The zero-order valence-electron chi connectivity index (χ0n) is 21.0. The summed E-state index contributed by atoms with van der Waals surface area (Å²) >= 11 is 0. The van der Waals surface area contributed by atoms with Gasteiger partial charge in [0.15, 0.2) is 0 Å². The average molecular weight is 497 g/mol. The van der Waals surface area contributed by atoms with Crippen molar-refractivity contribution in [2.75, 3.05) is 18.9 Å². The summed E-state index contributed by atoms with van der Waals surface area (Å²) in [5, 5.41) is 13.7. The van der Waals surface area contributed by atoms with Gasteiger partial charge < -0.3 is 15.1 Å². The molecule has 0 saturated carbocycles. The minimum atomic E-state index is -0.978. The number of benzene rings is 1. The smallest absolute Gasteiger partial charge is 0.255 e. The Kier molecular flexibility index (Phi) is 6.12. The van der Waals surface area contributed by atoms with Crippen LogP contribution in [-0.2, 0) is 15.0 Å². The fourth-order valence-electron chi connectivity index (χ4n) is 5.48. The molecule has 37 heavy (non-hydrogen) atoms. The van der Waals surface area contributed by atoms with E-state index in [9.17, 15) is 19.6 Å². The van der Waals surface area contributed by atoms with E-state index in [4.69, 9.17) is 0 Å². The molecular formula is C28H28N6O3. The molecule has 1 aromatic carbocycles. The Bertz CT molecular complexity index is 1450. The van der Waals surface area contributed by atoms with Gasteiger partial charge in [0, 0.05) is 43.5 Å². The third kappa shape index (κ3) is 4.08. The second-order valence-corrected chi connectivity index (χ2v) is 10.3. The third-order valence-corrected chi connectivity index (χ3v) is 7.42. The largest absolute Gasteiger partial charge is 0.330 e.